The highest BCUT2D eigenvalue weighted by molar-refractivity contribution is 6.33. The highest BCUT2D eigenvalue weighted by Gasteiger charge is 2.30. The number of amides is 1. The van der Waals surface area contributed by atoms with Crippen molar-refractivity contribution < 1.29 is 14.3 Å². The van der Waals surface area contributed by atoms with Gasteiger partial charge in [0.05, 0.1) is 23.7 Å². The van der Waals surface area contributed by atoms with Crippen LogP contribution >= 0.6 is 11.6 Å². The van der Waals surface area contributed by atoms with Crippen molar-refractivity contribution >= 4 is 29.2 Å². The lowest BCUT2D eigenvalue weighted by Gasteiger charge is -2.23. The summed E-state index contributed by atoms with van der Waals surface area (Å²) >= 11 is 6.03. The molecule has 0 aromatic heterocycles. The van der Waals surface area contributed by atoms with E-state index < -0.39 is 5.97 Å². The van der Waals surface area contributed by atoms with Crippen molar-refractivity contribution in [2.45, 2.75) is 25.4 Å². The van der Waals surface area contributed by atoms with E-state index in [0.717, 1.165) is 25.9 Å². The van der Waals surface area contributed by atoms with Crippen LogP contribution in [0.3, 0.4) is 0 Å². The molecule has 0 bridgehead atoms. The van der Waals surface area contributed by atoms with E-state index in [1.807, 2.05) is 18.2 Å². The molecule has 5 nitrogen and oxygen atoms in total. The van der Waals surface area contributed by atoms with Crippen LogP contribution in [0, 0.1) is 0 Å². The predicted molar refractivity (Wildman–Crippen MR) is 101 cm³/mol. The van der Waals surface area contributed by atoms with Gasteiger partial charge in [0.1, 0.15) is 0 Å². The van der Waals surface area contributed by atoms with Crippen LogP contribution in [0.25, 0.3) is 0 Å². The highest BCUT2D eigenvalue weighted by atomic mass is 35.5. The Hall–Kier alpha value is -2.37. The lowest BCUT2D eigenvalue weighted by Crippen LogP contribution is -2.39. The third-order valence-corrected chi connectivity index (χ3v) is 4.86. The fourth-order valence-corrected chi connectivity index (χ4v) is 3.42. The molecular formula is C20H21ClN2O3. The van der Waals surface area contributed by atoms with Gasteiger partial charge < -0.3 is 10.1 Å². The number of carbonyl (C=O) groups is 2. The summed E-state index contributed by atoms with van der Waals surface area (Å²) in [5.74, 6) is -0.603. The predicted octanol–water partition coefficient (Wildman–Crippen LogP) is 3.73. The molecule has 6 heteroatoms. The SMILES string of the molecule is COC(=O)c1cc(NC(=O)C2CCCN2Cc2ccccc2)ccc1Cl. The summed E-state index contributed by atoms with van der Waals surface area (Å²) in [6.07, 6.45) is 1.80. The van der Waals surface area contributed by atoms with E-state index in [9.17, 15) is 9.59 Å². The summed E-state index contributed by atoms with van der Waals surface area (Å²) in [7, 11) is 1.30. The van der Waals surface area contributed by atoms with Crippen LogP contribution in [0.4, 0.5) is 5.69 Å². The molecule has 1 unspecified atom stereocenters. The third kappa shape index (κ3) is 4.23. The standard InChI is InChI=1S/C20H21ClN2O3/c1-26-20(25)16-12-15(9-10-17(16)21)22-19(24)18-8-5-11-23(18)13-14-6-3-2-4-7-14/h2-4,6-7,9-10,12,18H,5,8,11,13H2,1H3,(H,22,24). The Labute approximate surface area is 157 Å². The van der Waals surface area contributed by atoms with E-state index in [4.69, 9.17) is 16.3 Å². The van der Waals surface area contributed by atoms with Crippen LogP contribution in [-0.2, 0) is 16.1 Å². The van der Waals surface area contributed by atoms with Crippen molar-refractivity contribution in [3.63, 3.8) is 0 Å². The molecule has 136 valence electrons. The maximum Gasteiger partial charge on any atom is 0.339 e. The normalized spacial score (nSPS) is 17.1. The van der Waals surface area contributed by atoms with Gasteiger partial charge in [0, 0.05) is 12.2 Å². The largest absolute Gasteiger partial charge is 0.465 e. The van der Waals surface area contributed by atoms with Gasteiger partial charge in [-0.15, -0.1) is 0 Å². The molecule has 1 amide bonds. The van der Waals surface area contributed by atoms with Crippen LogP contribution < -0.4 is 5.32 Å². The van der Waals surface area contributed by atoms with Gasteiger partial charge in [-0.25, -0.2) is 4.79 Å². The maximum absolute atomic E-state index is 12.7. The Morgan fingerprint density at radius 3 is 2.73 bits per heavy atom. The zero-order chi connectivity index (χ0) is 18.5. The van der Waals surface area contributed by atoms with Crippen LogP contribution in [0.15, 0.2) is 48.5 Å². The summed E-state index contributed by atoms with van der Waals surface area (Å²) in [5.41, 5.74) is 1.96. The van der Waals surface area contributed by atoms with Crippen molar-refractivity contribution in [3.05, 3.63) is 64.7 Å². The summed E-state index contributed by atoms with van der Waals surface area (Å²) in [6.45, 7) is 1.63. The summed E-state index contributed by atoms with van der Waals surface area (Å²) in [6, 6.07) is 14.7. The Kier molecular flexibility index (Phi) is 5.91. The minimum atomic E-state index is -0.530. The number of methoxy groups -OCH3 is 1. The third-order valence-electron chi connectivity index (χ3n) is 4.53. The molecule has 0 saturated carbocycles. The first-order valence-corrected chi connectivity index (χ1v) is 8.93. The van der Waals surface area contributed by atoms with E-state index in [0.29, 0.717) is 10.7 Å². The number of ether oxygens (including phenoxy) is 1. The molecule has 1 aliphatic rings. The molecule has 3 rings (SSSR count). The number of likely N-dealkylation sites (tertiary alicyclic amines) is 1. The Balaban J connectivity index is 1.70. The molecule has 1 saturated heterocycles. The molecule has 1 fully saturated rings. The molecule has 1 N–H and O–H groups in total. The van der Waals surface area contributed by atoms with Crippen molar-refractivity contribution in [1.82, 2.24) is 4.90 Å². The lowest BCUT2D eigenvalue weighted by molar-refractivity contribution is -0.120. The number of rotatable bonds is 5. The number of halogens is 1. The fraction of sp³-hybridized carbons (Fsp3) is 0.300. The van der Waals surface area contributed by atoms with Gasteiger partial charge in [-0.1, -0.05) is 41.9 Å². The Morgan fingerprint density at radius 1 is 1.23 bits per heavy atom. The zero-order valence-corrected chi connectivity index (χ0v) is 15.3. The zero-order valence-electron chi connectivity index (χ0n) is 14.6. The monoisotopic (exact) mass is 372 g/mol. The minimum absolute atomic E-state index is 0.0726. The lowest BCUT2D eigenvalue weighted by atomic mass is 10.1. The van der Waals surface area contributed by atoms with Gasteiger partial charge >= 0.3 is 5.97 Å². The topological polar surface area (TPSA) is 58.6 Å². The number of nitrogens with one attached hydrogen (secondary N) is 1. The number of carbonyl (C=O) groups excluding carboxylic acids is 2. The minimum Gasteiger partial charge on any atom is -0.465 e. The second-order valence-electron chi connectivity index (χ2n) is 6.29. The fourth-order valence-electron chi connectivity index (χ4n) is 3.23. The van der Waals surface area contributed by atoms with Gasteiger partial charge in [0.15, 0.2) is 0 Å². The highest BCUT2D eigenvalue weighted by Crippen LogP contribution is 2.24. The second-order valence-corrected chi connectivity index (χ2v) is 6.70. The van der Waals surface area contributed by atoms with Gasteiger partial charge in [-0.2, -0.15) is 0 Å². The van der Waals surface area contributed by atoms with E-state index >= 15 is 0 Å². The van der Waals surface area contributed by atoms with E-state index in [2.05, 4.69) is 22.3 Å². The molecule has 2 aromatic rings. The quantitative estimate of drug-likeness (QED) is 0.812. The number of esters is 1. The van der Waals surface area contributed by atoms with Gasteiger partial charge in [0.2, 0.25) is 5.91 Å². The first kappa shape index (κ1) is 18.4. The van der Waals surface area contributed by atoms with Gasteiger partial charge in [-0.3, -0.25) is 9.69 Å². The summed E-state index contributed by atoms with van der Waals surface area (Å²) < 4.78 is 4.72. The van der Waals surface area contributed by atoms with Crippen LogP contribution in [-0.4, -0.2) is 36.5 Å². The molecule has 0 radical (unpaired) electrons. The molecular weight excluding hydrogens is 352 g/mol. The van der Waals surface area contributed by atoms with Crippen molar-refractivity contribution in [2.75, 3.05) is 19.0 Å². The maximum atomic E-state index is 12.7. The molecule has 0 spiro atoms. The van der Waals surface area contributed by atoms with Crippen molar-refractivity contribution in [2.24, 2.45) is 0 Å². The van der Waals surface area contributed by atoms with Gasteiger partial charge in [-0.05, 0) is 43.1 Å². The molecule has 2 aromatic carbocycles. The van der Waals surface area contributed by atoms with Crippen LogP contribution in [0.5, 0.6) is 0 Å². The number of benzene rings is 2. The van der Waals surface area contributed by atoms with E-state index in [1.54, 1.807) is 18.2 Å². The van der Waals surface area contributed by atoms with Crippen molar-refractivity contribution in [3.8, 4) is 0 Å². The summed E-state index contributed by atoms with van der Waals surface area (Å²) in [4.78, 5) is 26.7. The molecule has 1 atom stereocenters. The van der Waals surface area contributed by atoms with Crippen molar-refractivity contribution in [1.29, 1.82) is 0 Å². The van der Waals surface area contributed by atoms with E-state index in [1.165, 1.54) is 12.7 Å². The molecule has 26 heavy (non-hydrogen) atoms. The number of nitrogens with zero attached hydrogens (tertiary/aromatic N) is 1. The first-order valence-electron chi connectivity index (χ1n) is 8.55. The van der Waals surface area contributed by atoms with E-state index in [-0.39, 0.29) is 17.5 Å². The summed E-state index contributed by atoms with van der Waals surface area (Å²) in [5, 5.41) is 3.19. The molecule has 1 aliphatic heterocycles. The average molecular weight is 373 g/mol. The second kappa shape index (κ2) is 8.34. The Bertz CT molecular complexity index is 795. The number of hydrogen-bond acceptors (Lipinski definition) is 4. The van der Waals surface area contributed by atoms with Crippen LogP contribution in [0.1, 0.15) is 28.8 Å². The smallest absolute Gasteiger partial charge is 0.339 e. The Morgan fingerprint density at radius 2 is 2.00 bits per heavy atom. The molecule has 1 heterocycles. The average Bonchev–Trinajstić information content (AvgIpc) is 3.11. The first-order chi connectivity index (χ1) is 12.6. The molecule has 0 aliphatic carbocycles. The van der Waals surface area contributed by atoms with Gasteiger partial charge in [0.25, 0.3) is 0 Å². The number of hydrogen-bond donors (Lipinski definition) is 1. The van der Waals surface area contributed by atoms with Crippen LogP contribution in [0.2, 0.25) is 5.02 Å². The number of anilines is 1.